The first-order valence-corrected chi connectivity index (χ1v) is 5.75. The predicted octanol–water partition coefficient (Wildman–Crippen LogP) is 2.25. The fraction of sp³-hybridized carbons (Fsp3) is 0.364. The molecule has 1 aliphatic heterocycles. The van der Waals surface area contributed by atoms with Crippen molar-refractivity contribution >= 4 is 26.4 Å². The number of benzene rings is 1. The molecule has 2 rings (SSSR count). The van der Waals surface area contributed by atoms with Crippen molar-refractivity contribution in [3.8, 4) is 0 Å². The van der Waals surface area contributed by atoms with Crippen LogP contribution in [-0.2, 0) is 13.0 Å². The maximum absolute atomic E-state index is 11.2. The predicted molar refractivity (Wildman–Crippen MR) is 64.8 cm³/mol. The van der Waals surface area contributed by atoms with Gasteiger partial charge in [0, 0.05) is 41.2 Å². The van der Waals surface area contributed by atoms with Crippen molar-refractivity contribution in [1.82, 2.24) is 4.90 Å². The van der Waals surface area contributed by atoms with Crippen LogP contribution < -0.4 is 0 Å². The van der Waals surface area contributed by atoms with E-state index in [0.717, 1.165) is 25.1 Å². The van der Waals surface area contributed by atoms with E-state index in [1.54, 1.807) is 0 Å². The number of fused-ring (bicyclic) bond motifs is 1. The Bertz CT molecular complexity index is 376. The first-order valence-electron chi connectivity index (χ1n) is 4.67. The van der Waals surface area contributed by atoms with Gasteiger partial charge in [0.1, 0.15) is 0 Å². The van der Waals surface area contributed by atoms with Crippen molar-refractivity contribution in [2.24, 2.45) is 0 Å². The summed E-state index contributed by atoms with van der Waals surface area (Å²) in [6.45, 7) is 2.09. The quantitative estimate of drug-likeness (QED) is 0.586. The zero-order valence-electron chi connectivity index (χ0n) is 8.09. The van der Waals surface area contributed by atoms with Crippen LogP contribution in [0.5, 0.6) is 0 Å². The molecule has 0 amide bonds. The molecule has 0 radical (unpaired) electrons. The topological polar surface area (TPSA) is 20.3 Å². The molecule has 0 fully saturated rings. The van der Waals surface area contributed by atoms with Gasteiger partial charge in [0.05, 0.1) is 0 Å². The first kappa shape index (κ1) is 10.1. The molecule has 0 saturated carbocycles. The Labute approximate surface area is 97.4 Å². The van der Waals surface area contributed by atoms with Crippen molar-refractivity contribution in [2.45, 2.75) is 13.0 Å². The minimum atomic E-state index is 0.129. The molecule has 0 atom stereocenters. The van der Waals surface area contributed by atoms with Crippen LogP contribution in [0.2, 0.25) is 0 Å². The number of likely N-dealkylation sites (N-methyl/N-ethyl adjacent to an activating group) is 1. The van der Waals surface area contributed by atoms with Crippen LogP contribution in [0.3, 0.4) is 0 Å². The van der Waals surface area contributed by atoms with Gasteiger partial charge < -0.3 is 4.90 Å². The third-order valence-electron chi connectivity index (χ3n) is 2.64. The minimum absolute atomic E-state index is 0.129. The summed E-state index contributed by atoms with van der Waals surface area (Å²) >= 11 is 1.84. The SMILES string of the molecule is CN1CCc2cc(C(=O)I)ccc2C1. The summed E-state index contributed by atoms with van der Waals surface area (Å²) in [7, 11) is 2.13. The maximum Gasteiger partial charge on any atom is 0.222 e. The molecule has 2 nitrogen and oxygen atoms in total. The highest BCUT2D eigenvalue weighted by Gasteiger charge is 2.14. The van der Waals surface area contributed by atoms with Gasteiger partial charge in [-0.2, -0.15) is 0 Å². The zero-order valence-corrected chi connectivity index (χ0v) is 10.2. The summed E-state index contributed by atoms with van der Waals surface area (Å²) in [4.78, 5) is 13.5. The molecule has 0 aliphatic carbocycles. The third-order valence-corrected chi connectivity index (χ3v) is 3.26. The Hall–Kier alpha value is -0.420. The maximum atomic E-state index is 11.2. The van der Waals surface area contributed by atoms with E-state index in [1.165, 1.54) is 11.1 Å². The van der Waals surface area contributed by atoms with E-state index in [0.29, 0.717) is 0 Å². The van der Waals surface area contributed by atoms with Gasteiger partial charge in [-0.25, -0.2) is 0 Å². The Kier molecular flexibility index (Phi) is 2.88. The van der Waals surface area contributed by atoms with Crippen LogP contribution in [-0.4, -0.2) is 22.3 Å². The second kappa shape index (κ2) is 3.98. The molecule has 0 saturated heterocycles. The summed E-state index contributed by atoms with van der Waals surface area (Å²) in [5, 5.41) is 0. The molecule has 0 unspecified atom stereocenters. The lowest BCUT2D eigenvalue weighted by atomic mass is 9.98. The number of nitrogens with zero attached hydrogens (tertiary/aromatic N) is 1. The highest BCUT2D eigenvalue weighted by molar-refractivity contribution is 14.1. The van der Waals surface area contributed by atoms with Gasteiger partial charge in [0.25, 0.3) is 0 Å². The lowest BCUT2D eigenvalue weighted by molar-refractivity contribution is 0.110. The molecular formula is C11H12INO. The van der Waals surface area contributed by atoms with E-state index in [9.17, 15) is 4.79 Å². The number of rotatable bonds is 1. The number of hydrogen-bond donors (Lipinski definition) is 0. The molecule has 74 valence electrons. The van der Waals surface area contributed by atoms with E-state index >= 15 is 0 Å². The summed E-state index contributed by atoms with van der Waals surface area (Å²) in [5.41, 5.74) is 3.53. The summed E-state index contributed by atoms with van der Waals surface area (Å²) in [6, 6.07) is 6.04. The summed E-state index contributed by atoms with van der Waals surface area (Å²) in [6.07, 6.45) is 1.06. The Morgan fingerprint density at radius 3 is 2.93 bits per heavy atom. The van der Waals surface area contributed by atoms with Crippen LogP contribution in [0.1, 0.15) is 21.5 Å². The number of carbonyl (C=O) groups is 1. The van der Waals surface area contributed by atoms with Gasteiger partial charge in [-0.05, 0) is 30.7 Å². The van der Waals surface area contributed by atoms with E-state index < -0.39 is 0 Å². The fourth-order valence-electron chi connectivity index (χ4n) is 1.82. The van der Waals surface area contributed by atoms with E-state index in [2.05, 4.69) is 18.0 Å². The highest BCUT2D eigenvalue weighted by Crippen LogP contribution is 2.20. The molecule has 0 N–H and O–H groups in total. The normalized spacial score (nSPS) is 16.4. The van der Waals surface area contributed by atoms with Crippen LogP contribution in [0.15, 0.2) is 18.2 Å². The largest absolute Gasteiger partial charge is 0.302 e. The molecule has 1 aromatic rings. The smallest absolute Gasteiger partial charge is 0.222 e. The standard InChI is InChI=1S/C11H12INO/c1-13-5-4-8-6-9(11(12)14)2-3-10(8)7-13/h2-3,6H,4-5,7H2,1H3. The summed E-state index contributed by atoms with van der Waals surface area (Å²) < 4.78 is 0.129. The third kappa shape index (κ3) is 1.98. The molecule has 0 aromatic heterocycles. The van der Waals surface area contributed by atoms with Crippen LogP contribution in [0.25, 0.3) is 0 Å². The zero-order chi connectivity index (χ0) is 10.1. The number of carbonyl (C=O) groups excluding carboxylic acids is 1. The van der Waals surface area contributed by atoms with Gasteiger partial charge >= 0.3 is 0 Å². The molecular weight excluding hydrogens is 289 g/mol. The molecule has 1 heterocycles. The van der Waals surface area contributed by atoms with Crippen LogP contribution in [0, 0.1) is 0 Å². The van der Waals surface area contributed by atoms with Crippen molar-refractivity contribution in [1.29, 1.82) is 0 Å². The lowest BCUT2D eigenvalue weighted by Crippen LogP contribution is -2.26. The molecule has 0 bridgehead atoms. The Balaban J connectivity index is 2.36. The second-order valence-corrected chi connectivity index (χ2v) is 4.72. The van der Waals surface area contributed by atoms with Gasteiger partial charge in [0.2, 0.25) is 3.79 Å². The molecule has 1 aromatic carbocycles. The van der Waals surface area contributed by atoms with Gasteiger partial charge in [-0.15, -0.1) is 0 Å². The molecule has 1 aliphatic rings. The minimum Gasteiger partial charge on any atom is -0.302 e. The molecule has 0 spiro atoms. The average molecular weight is 301 g/mol. The van der Waals surface area contributed by atoms with Crippen molar-refractivity contribution in [3.63, 3.8) is 0 Å². The number of hydrogen-bond acceptors (Lipinski definition) is 2. The molecule has 3 heteroatoms. The van der Waals surface area contributed by atoms with Crippen molar-refractivity contribution < 1.29 is 4.79 Å². The Morgan fingerprint density at radius 1 is 1.43 bits per heavy atom. The van der Waals surface area contributed by atoms with Gasteiger partial charge in [-0.3, -0.25) is 4.79 Å². The lowest BCUT2D eigenvalue weighted by Gasteiger charge is -2.25. The highest BCUT2D eigenvalue weighted by atomic mass is 127. The first-order chi connectivity index (χ1) is 6.66. The van der Waals surface area contributed by atoms with Crippen LogP contribution in [0.4, 0.5) is 0 Å². The van der Waals surface area contributed by atoms with Gasteiger partial charge in [0.15, 0.2) is 0 Å². The monoisotopic (exact) mass is 301 g/mol. The van der Waals surface area contributed by atoms with E-state index in [1.807, 2.05) is 34.7 Å². The molecule has 14 heavy (non-hydrogen) atoms. The van der Waals surface area contributed by atoms with Crippen molar-refractivity contribution in [3.05, 3.63) is 34.9 Å². The van der Waals surface area contributed by atoms with E-state index in [-0.39, 0.29) is 3.79 Å². The Morgan fingerprint density at radius 2 is 2.21 bits per heavy atom. The fourth-order valence-corrected chi connectivity index (χ4v) is 2.15. The van der Waals surface area contributed by atoms with Crippen molar-refractivity contribution in [2.75, 3.05) is 13.6 Å². The second-order valence-electron chi connectivity index (χ2n) is 3.74. The van der Waals surface area contributed by atoms with E-state index in [4.69, 9.17) is 0 Å². The number of halogens is 1. The summed E-state index contributed by atoms with van der Waals surface area (Å²) in [5.74, 6) is 0. The van der Waals surface area contributed by atoms with Crippen LogP contribution >= 0.6 is 22.6 Å². The average Bonchev–Trinajstić information content (AvgIpc) is 2.16. The van der Waals surface area contributed by atoms with Gasteiger partial charge in [-0.1, -0.05) is 12.1 Å².